The zero-order valence-corrected chi connectivity index (χ0v) is 16.2. The number of carbonyl (C=O) groups is 4. The van der Waals surface area contributed by atoms with Crippen LogP contribution in [0.4, 0.5) is 0 Å². The van der Waals surface area contributed by atoms with E-state index >= 15 is 0 Å². The molecular weight excluding hydrogens is 402 g/mol. The number of phenolic OH excluding ortho intramolecular Hbond substituents is 2. The number of ether oxygens (including phenoxy) is 1. The minimum Gasteiger partial charge on any atom is -0.507 e. The molecule has 152 valence electrons. The molecule has 1 aromatic rings. The van der Waals surface area contributed by atoms with Crippen molar-refractivity contribution in [1.29, 1.82) is 0 Å². The summed E-state index contributed by atoms with van der Waals surface area (Å²) in [4.78, 5) is 48.3. The van der Waals surface area contributed by atoms with E-state index < -0.39 is 17.5 Å². The van der Waals surface area contributed by atoms with E-state index in [2.05, 4.69) is 5.32 Å². The first kappa shape index (κ1) is 20.6. The predicted octanol–water partition coefficient (Wildman–Crippen LogP) is 1.96. The molecule has 0 aromatic heterocycles. The van der Waals surface area contributed by atoms with Gasteiger partial charge in [-0.05, 0) is 31.2 Å². The van der Waals surface area contributed by atoms with Gasteiger partial charge in [0.05, 0.1) is 23.4 Å². The molecule has 3 N–H and O–H groups in total. The fourth-order valence-corrected chi connectivity index (χ4v) is 3.98. The first-order valence-electron chi connectivity index (χ1n) is 8.85. The molecule has 0 heterocycles. The number of allylic oxidation sites excluding steroid dienone is 2. The van der Waals surface area contributed by atoms with Crippen molar-refractivity contribution in [3.05, 3.63) is 45.3 Å². The maximum atomic E-state index is 12.9. The third-order valence-electron chi connectivity index (χ3n) is 5.13. The Morgan fingerprint density at radius 2 is 2.00 bits per heavy atom. The summed E-state index contributed by atoms with van der Waals surface area (Å²) in [7, 11) is 1.26. The monoisotopic (exact) mass is 419 g/mol. The van der Waals surface area contributed by atoms with Gasteiger partial charge in [-0.3, -0.25) is 19.2 Å². The Balaban J connectivity index is 1.84. The number of amides is 1. The number of methoxy groups -OCH3 is 1. The standard InChI is InChI=1S/C20H18ClNO7/c1-29-20-11(19(28)12(22-8-23)6-15(20)26)5-3-9-2-4-10-16(18(9)27)13(24)7-14(25)17(10)21/h6-9,24-25H,2-5H2,1H3,(H,22,23). The van der Waals surface area contributed by atoms with E-state index in [0.717, 1.165) is 12.1 Å². The van der Waals surface area contributed by atoms with Crippen LogP contribution in [0.25, 0.3) is 0 Å². The van der Waals surface area contributed by atoms with E-state index in [1.165, 1.54) is 7.11 Å². The summed E-state index contributed by atoms with van der Waals surface area (Å²) in [6.07, 6.45) is 2.37. The summed E-state index contributed by atoms with van der Waals surface area (Å²) < 4.78 is 5.06. The smallest absolute Gasteiger partial charge is 0.222 e. The van der Waals surface area contributed by atoms with E-state index in [4.69, 9.17) is 16.3 Å². The quantitative estimate of drug-likeness (QED) is 0.474. The van der Waals surface area contributed by atoms with Crippen LogP contribution in [0, 0.1) is 5.92 Å². The van der Waals surface area contributed by atoms with Crippen molar-refractivity contribution in [3.63, 3.8) is 0 Å². The Morgan fingerprint density at radius 1 is 1.28 bits per heavy atom. The van der Waals surface area contributed by atoms with Gasteiger partial charge >= 0.3 is 0 Å². The number of benzene rings is 1. The van der Waals surface area contributed by atoms with Gasteiger partial charge in [0.1, 0.15) is 11.5 Å². The maximum absolute atomic E-state index is 12.9. The molecule has 29 heavy (non-hydrogen) atoms. The highest BCUT2D eigenvalue weighted by molar-refractivity contribution is 6.33. The van der Waals surface area contributed by atoms with Crippen LogP contribution < -0.4 is 5.32 Å². The molecule has 8 nitrogen and oxygen atoms in total. The Bertz CT molecular complexity index is 993. The zero-order valence-electron chi connectivity index (χ0n) is 15.5. The van der Waals surface area contributed by atoms with Gasteiger partial charge in [0.2, 0.25) is 18.0 Å². The lowest BCUT2D eigenvalue weighted by Crippen LogP contribution is -2.29. The number of carbonyl (C=O) groups excluding carboxylic acids is 4. The van der Waals surface area contributed by atoms with Gasteiger partial charge in [-0.2, -0.15) is 0 Å². The first-order chi connectivity index (χ1) is 13.8. The van der Waals surface area contributed by atoms with Gasteiger partial charge in [-0.1, -0.05) is 11.6 Å². The van der Waals surface area contributed by atoms with Gasteiger partial charge in [-0.25, -0.2) is 0 Å². The number of hydrogen-bond acceptors (Lipinski definition) is 7. The summed E-state index contributed by atoms with van der Waals surface area (Å²) in [5.41, 5.74) is 0.391. The molecule has 2 aliphatic rings. The Morgan fingerprint density at radius 3 is 2.66 bits per heavy atom. The number of nitrogens with one attached hydrogen (secondary N) is 1. The minimum absolute atomic E-state index is 0.0387. The highest BCUT2D eigenvalue weighted by atomic mass is 35.5. The van der Waals surface area contributed by atoms with Crippen LogP contribution in [-0.2, 0) is 25.5 Å². The molecule has 0 saturated heterocycles. The summed E-state index contributed by atoms with van der Waals surface area (Å²) in [5.74, 6) is -2.72. The fraction of sp³-hybridized carbons (Fsp3) is 0.300. The third kappa shape index (κ3) is 3.63. The van der Waals surface area contributed by atoms with Crippen molar-refractivity contribution >= 4 is 35.4 Å². The Kier molecular flexibility index (Phi) is 5.74. The minimum atomic E-state index is -0.549. The second-order valence-corrected chi connectivity index (χ2v) is 7.12. The number of ketones is 3. The van der Waals surface area contributed by atoms with Crippen molar-refractivity contribution < 1.29 is 34.1 Å². The van der Waals surface area contributed by atoms with E-state index in [0.29, 0.717) is 24.8 Å². The number of rotatable bonds is 6. The molecule has 1 amide bonds. The summed E-state index contributed by atoms with van der Waals surface area (Å²) >= 11 is 6.05. The lowest BCUT2D eigenvalue weighted by atomic mass is 9.78. The molecule has 1 aromatic carbocycles. The molecule has 1 atom stereocenters. The summed E-state index contributed by atoms with van der Waals surface area (Å²) in [6, 6.07) is 1.03. The van der Waals surface area contributed by atoms with Gasteiger partial charge < -0.3 is 20.3 Å². The number of fused-ring (bicyclic) bond motifs is 1. The lowest BCUT2D eigenvalue weighted by molar-refractivity contribution is -0.119. The van der Waals surface area contributed by atoms with Crippen molar-refractivity contribution in [2.24, 2.45) is 5.92 Å². The fourth-order valence-electron chi connectivity index (χ4n) is 3.74. The first-order valence-corrected chi connectivity index (χ1v) is 9.23. The van der Waals surface area contributed by atoms with E-state index in [9.17, 15) is 29.4 Å². The van der Waals surface area contributed by atoms with E-state index in [1.807, 2.05) is 0 Å². The number of Topliss-reactive ketones (excluding diaryl/α,β-unsaturated/α-hetero) is 2. The Hall–Kier alpha value is -3.13. The maximum Gasteiger partial charge on any atom is 0.222 e. The number of hydrogen-bond donors (Lipinski definition) is 3. The molecule has 0 bridgehead atoms. The van der Waals surface area contributed by atoms with Gasteiger partial charge in [0.25, 0.3) is 0 Å². The molecule has 0 aliphatic heterocycles. The molecule has 9 heteroatoms. The molecule has 0 radical (unpaired) electrons. The highest BCUT2D eigenvalue weighted by Crippen LogP contribution is 2.42. The average Bonchev–Trinajstić information content (AvgIpc) is 2.68. The number of halogens is 1. The van der Waals surface area contributed by atoms with E-state index in [-0.39, 0.29) is 57.7 Å². The second kappa shape index (κ2) is 8.08. The van der Waals surface area contributed by atoms with Gasteiger partial charge in [-0.15, -0.1) is 0 Å². The molecular formula is C20H18ClNO7. The van der Waals surface area contributed by atoms with Crippen molar-refractivity contribution in [2.45, 2.75) is 25.7 Å². The number of phenols is 2. The normalized spacial score (nSPS) is 19.0. The third-order valence-corrected chi connectivity index (χ3v) is 5.56. The predicted molar refractivity (Wildman–Crippen MR) is 101 cm³/mol. The van der Waals surface area contributed by atoms with Crippen LogP contribution in [0.3, 0.4) is 0 Å². The highest BCUT2D eigenvalue weighted by Gasteiger charge is 2.35. The SMILES string of the molecule is COC1=C(CCC2CCc3c(Cl)c(O)cc(O)c3C2=O)C(=O)C(NC=O)=CC1=O. The topological polar surface area (TPSA) is 130 Å². The largest absolute Gasteiger partial charge is 0.507 e. The van der Waals surface area contributed by atoms with Crippen LogP contribution in [-0.4, -0.2) is 41.1 Å². The molecule has 1 unspecified atom stereocenters. The summed E-state index contributed by atoms with van der Waals surface area (Å²) in [5, 5.41) is 22.1. The van der Waals surface area contributed by atoms with Crippen LogP contribution in [0.5, 0.6) is 11.5 Å². The van der Waals surface area contributed by atoms with E-state index in [1.54, 1.807) is 0 Å². The molecule has 2 aliphatic carbocycles. The molecule has 3 rings (SSSR count). The molecule has 0 fully saturated rings. The van der Waals surface area contributed by atoms with Gasteiger partial charge in [0.15, 0.2) is 11.5 Å². The Labute approximate surface area is 170 Å². The van der Waals surface area contributed by atoms with Crippen LogP contribution in [0.1, 0.15) is 35.2 Å². The zero-order chi connectivity index (χ0) is 21.3. The van der Waals surface area contributed by atoms with Crippen LogP contribution in [0.15, 0.2) is 29.2 Å². The lowest BCUT2D eigenvalue weighted by Gasteiger charge is -2.26. The van der Waals surface area contributed by atoms with Crippen molar-refractivity contribution in [3.8, 4) is 11.5 Å². The van der Waals surface area contributed by atoms with Gasteiger partial charge in [0, 0.05) is 23.6 Å². The number of aromatic hydroxyl groups is 2. The van der Waals surface area contributed by atoms with Crippen LogP contribution >= 0.6 is 11.6 Å². The van der Waals surface area contributed by atoms with Crippen LogP contribution in [0.2, 0.25) is 5.02 Å². The molecule has 0 spiro atoms. The second-order valence-electron chi connectivity index (χ2n) is 6.75. The molecule has 0 saturated carbocycles. The summed E-state index contributed by atoms with van der Waals surface area (Å²) in [6.45, 7) is 0. The van der Waals surface area contributed by atoms with Crippen molar-refractivity contribution in [2.75, 3.05) is 7.11 Å². The van der Waals surface area contributed by atoms with Crippen molar-refractivity contribution in [1.82, 2.24) is 5.32 Å². The average molecular weight is 420 g/mol.